The minimum Gasteiger partial charge on any atom is -0.372 e. The molecule has 0 aliphatic carbocycles. The van der Waals surface area contributed by atoms with Gasteiger partial charge in [0.1, 0.15) is 11.6 Å². The number of hydrogen-bond acceptors (Lipinski definition) is 6. The number of benzene rings is 2. The molecule has 138 valence electrons. The van der Waals surface area contributed by atoms with E-state index < -0.39 is 11.6 Å². The summed E-state index contributed by atoms with van der Waals surface area (Å²) < 4.78 is 26.7. The lowest BCUT2D eigenvalue weighted by Crippen LogP contribution is -2.17. The fourth-order valence-electron chi connectivity index (χ4n) is 3.01. The predicted molar refractivity (Wildman–Crippen MR) is 101 cm³/mol. The van der Waals surface area contributed by atoms with Gasteiger partial charge < -0.3 is 15.5 Å². The maximum Gasteiger partial charge on any atom is 0.249 e. The normalized spacial score (nSPS) is 13.6. The molecule has 2 heterocycles. The van der Waals surface area contributed by atoms with Crippen molar-refractivity contribution in [3.63, 3.8) is 0 Å². The highest BCUT2D eigenvalue weighted by Gasteiger charge is 2.12. The summed E-state index contributed by atoms with van der Waals surface area (Å²) in [5, 5.41) is 13.5. The van der Waals surface area contributed by atoms with Crippen molar-refractivity contribution < 1.29 is 8.78 Å². The van der Waals surface area contributed by atoms with E-state index in [1.54, 1.807) is 0 Å². The second-order valence-corrected chi connectivity index (χ2v) is 6.28. The van der Waals surface area contributed by atoms with Crippen molar-refractivity contribution in [1.82, 2.24) is 15.2 Å². The Labute approximate surface area is 155 Å². The van der Waals surface area contributed by atoms with Crippen LogP contribution in [0.15, 0.2) is 48.7 Å². The Balaban J connectivity index is 1.46. The molecular formula is C19H18F2N6. The van der Waals surface area contributed by atoms with Gasteiger partial charge in [0.15, 0.2) is 5.82 Å². The van der Waals surface area contributed by atoms with E-state index in [0.29, 0.717) is 5.82 Å². The lowest BCUT2D eigenvalue weighted by molar-refractivity contribution is 0.586. The van der Waals surface area contributed by atoms with Crippen molar-refractivity contribution in [2.75, 3.05) is 28.6 Å². The first kappa shape index (κ1) is 17.1. The van der Waals surface area contributed by atoms with Gasteiger partial charge in [-0.25, -0.2) is 8.78 Å². The lowest BCUT2D eigenvalue weighted by atomic mass is 10.2. The van der Waals surface area contributed by atoms with Crippen molar-refractivity contribution in [3.8, 4) is 0 Å². The third-order valence-electron chi connectivity index (χ3n) is 4.35. The van der Waals surface area contributed by atoms with Gasteiger partial charge in [0.25, 0.3) is 0 Å². The number of aromatic nitrogens is 3. The smallest absolute Gasteiger partial charge is 0.249 e. The van der Waals surface area contributed by atoms with Gasteiger partial charge in [-0.1, -0.05) is 0 Å². The number of nitrogens with zero attached hydrogens (tertiary/aromatic N) is 4. The summed E-state index contributed by atoms with van der Waals surface area (Å²) in [6, 6.07) is 11.3. The van der Waals surface area contributed by atoms with Crippen LogP contribution in [-0.4, -0.2) is 28.3 Å². The van der Waals surface area contributed by atoms with Gasteiger partial charge in [-0.2, -0.15) is 10.1 Å². The van der Waals surface area contributed by atoms with Crippen LogP contribution in [0.2, 0.25) is 0 Å². The lowest BCUT2D eigenvalue weighted by Gasteiger charge is -2.17. The Hall–Kier alpha value is -3.29. The van der Waals surface area contributed by atoms with E-state index in [4.69, 9.17) is 0 Å². The Kier molecular flexibility index (Phi) is 4.78. The van der Waals surface area contributed by atoms with Gasteiger partial charge in [-0.3, -0.25) is 0 Å². The molecule has 27 heavy (non-hydrogen) atoms. The summed E-state index contributed by atoms with van der Waals surface area (Å²) in [5.41, 5.74) is 2.13. The molecule has 0 spiro atoms. The van der Waals surface area contributed by atoms with Crippen LogP contribution in [0.4, 0.5) is 37.6 Å². The standard InChI is InChI=1S/C19H18F2N6/c20-13-3-8-17(16(21)11-13)24-19-25-18(12-22-26-19)23-14-4-6-15(7-5-14)27-9-1-2-10-27/h3-8,11-12H,1-2,9-10H2,(H2,23,24,25,26). The first-order valence-electron chi connectivity index (χ1n) is 8.71. The summed E-state index contributed by atoms with van der Waals surface area (Å²) >= 11 is 0. The monoisotopic (exact) mass is 368 g/mol. The van der Waals surface area contributed by atoms with E-state index in [1.807, 2.05) is 12.1 Å². The zero-order valence-electron chi connectivity index (χ0n) is 14.5. The fourth-order valence-corrected chi connectivity index (χ4v) is 3.01. The average Bonchev–Trinajstić information content (AvgIpc) is 3.20. The maximum absolute atomic E-state index is 13.8. The molecule has 0 atom stereocenters. The number of anilines is 5. The molecule has 1 aromatic heterocycles. The van der Waals surface area contributed by atoms with Gasteiger partial charge >= 0.3 is 0 Å². The third-order valence-corrected chi connectivity index (χ3v) is 4.35. The van der Waals surface area contributed by atoms with E-state index in [-0.39, 0.29) is 11.6 Å². The molecule has 1 saturated heterocycles. The summed E-state index contributed by atoms with van der Waals surface area (Å²) in [6.07, 6.45) is 3.94. The van der Waals surface area contributed by atoms with Crippen LogP contribution in [0.3, 0.4) is 0 Å². The number of rotatable bonds is 5. The summed E-state index contributed by atoms with van der Waals surface area (Å²) in [6.45, 7) is 2.19. The zero-order chi connectivity index (χ0) is 18.6. The van der Waals surface area contributed by atoms with Crippen LogP contribution >= 0.6 is 0 Å². The summed E-state index contributed by atoms with van der Waals surface area (Å²) in [4.78, 5) is 6.62. The quantitative estimate of drug-likeness (QED) is 0.702. The minimum absolute atomic E-state index is 0.0744. The Morgan fingerprint density at radius 3 is 2.44 bits per heavy atom. The molecule has 0 unspecified atom stereocenters. The second kappa shape index (κ2) is 7.53. The minimum atomic E-state index is -0.727. The van der Waals surface area contributed by atoms with Crippen LogP contribution in [0.25, 0.3) is 0 Å². The Bertz CT molecular complexity index is 926. The maximum atomic E-state index is 13.8. The molecule has 3 aromatic rings. The summed E-state index contributed by atoms with van der Waals surface area (Å²) in [5.74, 6) is -0.803. The molecule has 8 heteroatoms. The topological polar surface area (TPSA) is 66.0 Å². The molecule has 2 aromatic carbocycles. The fraction of sp³-hybridized carbons (Fsp3) is 0.211. The van der Waals surface area contributed by atoms with Crippen LogP contribution < -0.4 is 15.5 Å². The molecule has 0 amide bonds. The molecular weight excluding hydrogens is 350 g/mol. The van der Waals surface area contributed by atoms with Crippen molar-refractivity contribution in [1.29, 1.82) is 0 Å². The van der Waals surface area contributed by atoms with Crippen LogP contribution in [0, 0.1) is 11.6 Å². The van der Waals surface area contributed by atoms with Crippen LogP contribution in [0.1, 0.15) is 12.8 Å². The van der Waals surface area contributed by atoms with E-state index >= 15 is 0 Å². The van der Waals surface area contributed by atoms with Gasteiger partial charge in [0.2, 0.25) is 5.95 Å². The van der Waals surface area contributed by atoms with Crippen LogP contribution in [-0.2, 0) is 0 Å². The van der Waals surface area contributed by atoms with Crippen molar-refractivity contribution in [3.05, 3.63) is 60.3 Å². The highest BCUT2D eigenvalue weighted by Crippen LogP contribution is 2.24. The highest BCUT2D eigenvalue weighted by atomic mass is 19.1. The Morgan fingerprint density at radius 1 is 0.926 bits per heavy atom. The molecule has 0 saturated carbocycles. The number of hydrogen-bond donors (Lipinski definition) is 2. The largest absolute Gasteiger partial charge is 0.372 e. The van der Waals surface area contributed by atoms with Crippen molar-refractivity contribution in [2.45, 2.75) is 12.8 Å². The van der Waals surface area contributed by atoms with Crippen molar-refractivity contribution in [2.24, 2.45) is 0 Å². The zero-order valence-corrected chi connectivity index (χ0v) is 14.5. The van der Waals surface area contributed by atoms with Gasteiger partial charge in [0, 0.05) is 30.5 Å². The van der Waals surface area contributed by atoms with E-state index in [9.17, 15) is 8.78 Å². The van der Waals surface area contributed by atoms with Gasteiger partial charge in [-0.15, -0.1) is 5.10 Å². The molecule has 1 aliphatic heterocycles. The molecule has 0 radical (unpaired) electrons. The van der Waals surface area contributed by atoms with E-state index in [2.05, 4.69) is 42.8 Å². The van der Waals surface area contributed by atoms with Gasteiger partial charge in [-0.05, 0) is 49.2 Å². The highest BCUT2D eigenvalue weighted by molar-refractivity contribution is 5.62. The number of nitrogens with one attached hydrogen (secondary N) is 2. The molecule has 6 nitrogen and oxygen atoms in total. The van der Waals surface area contributed by atoms with E-state index in [0.717, 1.165) is 30.9 Å². The number of halogens is 2. The average molecular weight is 368 g/mol. The first-order valence-corrected chi connectivity index (χ1v) is 8.71. The molecule has 1 aliphatic rings. The molecule has 2 N–H and O–H groups in total. The second-order valence-electron chi connectivity index (χ2n) is 6.28. The van der Waals surface area contributed by atoms with Crippen molar-refractivity contribution >= 4 is 28.8 Å². The Morgan fingerprint density at radius 2 is 1.70 bits per heavy atom. The molecule has 0 bridgehead atoms. The van der Waals surface area contributed by atoms with E-state index in [1.165, 1.54) is 30.8 Å². The molecule has 1 fully saturated rings. The summed E-state index contributed by atoms with van der Waals surface area (Å²) in [7, 11) is 0. The van der Waals surface area contributed by atoms with Crippen LogP contribution in [0.5, 0.6) is 0 Å². The first-order chi connectivity index (χ1) is 13.2. The van der Waals surface area contributed by atoms with Gasteiger partial charge in [0.05, 0.1) is 11.9 Å². The molecule has 4 rings (SSSR count). The third kappa shape index (κ3) is 4.11. The SMILES string of the molecule is Fc1ccc(Nc2nncc(Nc3ccc(N4CCCC4)cc3)n2)c(F)c1. The predicted octanol–water partition coefficient (Wildman–Crippen LogP) is 4.24.